The minimum atomic E-state index is -0.577. The number of aliphatic hydroxyl groups excluding tert-OH is 1. The van der Waals surface area contributed by atoms with Gasteiger partial charge in [-0.25, -0.2) is 0 Å². The molecule has 146 valence electrons. The minimum Gasteiger partial charge on any atom is -0.393 e. The van der Waals surface area contributed by atoms with E-state index in [1.165, 1.54) is 6.20 Å². The van der Waals surface area contributed by atoms with E-state index in [0.29, 0.717) is 22.9 Å². The maximum Gasteiger partial charge on any atom is 0.273 e. The number of nitrogens with one attached hydrogen (secondary N) is 2. The highest BCUT2D eigenvalue weighted by molar-refractivity contribution is 6.32. The number of hydrogen-bond donors (Lipinski definition) is 3. The quantitative estimate of drug-likeness (QED) is 0.542. The molecule has 1 aromatic heterocycles. The molecule has 3 aromatic rings. The molecule has 0 saturated heterocycles. The van der Waals surface area contributed by atoms with E-state index < -0.39 is 6.10 Å². The Morgan fingerprint density at radius 2 is 2.00 bits per heavy atom. The number of amides is 1. The number of aromatic amines is 1. The van der Waals surface area contributed by atoms with Gasteiger partial charge in [0.25, 0.3) is 5.91 Å². The van der Waals surface area contributed by atoms with Gasteiger partial charge in [-0.3, -0.25) is 4.79 Å². The Hall–Kier alpha value is -2.41. The Morgan fingerprint density at radius 3 is 2.64 bits per heavy atom. The molecular formula is C20H20Cl2N4O2. The molecule has 1 heterocycles. The molecular weight excluding hydrogens is 399 g/mol. The number of carbonyl (C=O) groups is 1. The second kappa shape index (κ2) is 9.19. The van der Waals surface area contributed by atoms with Crippen molar-refractivity contribution in [1.82, 2.24) is 20.7 Å². The zero-order chi connectivity index (χ0) is 20.1. The Labute approximate surface area is 172 Å². The van der Waals surface area contributed by atoms with E-state index in [0.717, 1.165) is 16.7 Å². The molecule has 0 aliphatic heterocycles. The van der Waals surface area contributed by atoms with E-state index in [2.05, 4.69) is 20.7 Å². The van der Waals surface area contributed by atoms with Gasteiger partial charge in [0.15, 0.2) is 5.69 Å². The first-order valence-electron chi connectivity index (χ1n) is 8.81. The molecule has 0 unspecified atom stereocenters. The van der Waals surface area contributed by atoms with Crippen LogP contribution in [0.3, 0.4) is 0 Å². The van der Waals surface area contributed by atoms with Crippen LogP contribution in [0, 0.1) is 0 Å². The molecule has 1 amide bonds. The van der Waals surface area contributed by atoms with Crippen LogP contribution in [0.5, 0.6) is 0 Å². The summed E-state index contributed by atoms with van der Waals surface area (Å²) in [7, 11) is 0. The Balaban J connectivity index is 1.77. The van der Waals surface area contributed by atoms with Crippen LogP contribution in [0.4, 0.5) is 0 Å². The fourth-order valence-corrected chi connectivity index (χ4v) is 3.45. The van der Waals surface area contributed by atoms with Crippen molar-refractivity contribution in [3.05, 3.63) is 70.0 Å². The lowest BCUT2D eigenvalue weighted by Crippen LogP contribution is -2.38. The maximum absolute atomic E-state index is 12.3. The van der Waals surface area contributed by atoms with Crippen molar-refractivity contribution in [2.24, 2.45) is 0 Å². The first kappa shape index (κ1) is 20.3. The summed E-state index contributed by atoms with van der Waals surface area (Å²) in [6.45, 7) is 1.68. The number of halogens is 2. The van der Waals surface area contributed by atoms with E-state index in [1.807, 2.05) is 42.5 Å². The number of aromatic nitrogens is 3. The molecule has 6 nitrogen and oxygen atoms in total. The van der Waals surface area contributed by atoms with Gasteiger partial charge in [0.05, 0.1) is 12.3 Å². The SMILES string of the molecule is C[C@@H](O)C[C@@H](Cc1ccc(-c2cccc(Cl)c2)cc1Cl)NC(=O)c1cn[nH]n1. The number of H-pyrrole nitrogens is 1. The van der Waals surface area contributed by atoms with Gasteiger partial charge in [-0.2, -0.15) is 15.4 Å². The number of nitrogens with zero attached hydrogens (tertiary/aromatic N) is 2. The molecule has 0 fully saturated rings. The summed E-state index contributed by atoms with van der Waals surface area (Å²) >= 11 is 12.6. The van der Waals surface area contributed by atoms with Gasteiger partial charge in [-0.05, 0) is 54.7 Å². The lowest BCUT2D eigenvalue weighted by Gasteiger charge is -2.20. The van der Waals surface area contributed by atoms with Crippen LogP contribution < -0.4 is 5.32 Å². The second-order valence-corrected chi connectivity index (χ2v) is 7.47. The monoisotopic (exact) mass is 418 g/mol. The van der Waals surface area contributed by atoms with Crippen molar-refractivity contribution in [2.75, 3.05) is 0 Å². The third kappa shape index (κ3) is 5.32. The van der Waals surface area contributed by atoms with Crippen LogP contribution in [0.2, 0.25) is 10.0 Å². The summed E-state index contributed by atoms with van der Waals surface area (Å²) in [5, 5.41) is 23.8. The summed E-state index contributed by atoms with van der Waals surface area (Å²) < 4.78 is 0. The number of hydrogen-bond acceptors (Lipinski definition) is 4. The Bertz CT molecular complexity index is 945. The molecule has 0 radical (unpaired) electrons. The lowest BCUT2D eigenvalue weighted by atomic mass is 9.98. The number of rotatable bonds is 7. The molecule has 2 aromatic carbocycles. The molecule has 2 atom stereocenters. The van der Waals surface area contributed by atoms with E-state index in [-0.39, 0.29) is 17.6 Å². The molecule has 0 aliphatic rings. The fraction of sp³-hybridized carbons (Fsp3) is 0.250. The molecule has 0 bridgehead atoms. The Kier molecular flexibility index (Phi) is 6.67. The zero-order valence-corrected chi connectivity index (χ0v) is 16.7. The molecule has 3 N–H and O–H groups in total. The molecule has 3 rings (SSSR count). The summed E-state index contributed by atoms with van der Waals surface area (Å²) in [5.41, 5.74) is 2.99. The number of benzene rings is 2. The first-order valence-corrected chi connectivity index (χ1v) is 9.57. The van der Waals surface area contributed by atoms with Gasteiger partial charge < -0.3 is 10.4 Å². The topological polar surface area (TPSA) is 90.9 Å². The highest BCUT2D eigenvalue weighted by Crippen LogP contribution is 2.28. The molecule has 8 heteroatoms. The second-order valence-electron chi connectivity index (χ2n) is 6.63. The Morgan fingerprint density at radius 1 is 1.21 bits per heavy atom. The predicted octanol–water partition coefficient (Wildman–Crippen LogP) is 3.89. The van der Waals surface area contributed by atoms with Crippen LogP contribution in [0.25, 0.3) is 11.1 Å². The van der Waals surface area contributed by atoms with Gasteiger partial charge in [0.1, 0.15) is 0 Å². The standard InChI is InChI=1S/C20H20Cl2N4O2/c1-12(27)7-17(24-20(28)19-11-23-26-25-19)9-15-6-5-14(10-18(15)22)13-3-2-4-16(21)8-13/h2-6,8,10-12,17,27H,7,9H2,1H3,(H,24,28)(H,23,25,26)/t12-,17+/m1/s1. The smallest absolute Gasteiger partial charge is 0.273 e. The van der Waals surface area contributed by atoms with E-state index in [1.54, 1.807) is 6.92 Å². The van der Waals surface area contributed by atoms with Crippen LogP contribution in [0.1, 0.15) is 29.4 Å². The van der Waals surface area contributed by atoms with Crippen LogP contribution >= 0.6 is 23.2 Å². The summed E-state index contributed by atoms with van der Waals surface area (Å²) in [6.07, 6.45) is 1.63. The molecule has 0 spiro atoms. The largest absolute Gasteiger partial charge is 0.393 e. The van der Waals surface area contributed by atoms with Crippen molar-refractivity contribution in [2.45, 2.75) is 31.9 Å². The normalized spacial score (nSPS) is 13.1. The predicted molar refractivity (Wildman–Crippen MR) is 110 cm³/mol. The third-order valence-electron chi connectivity index (χ3n) is 4.29. The van der Waals surface area contributed by atoms with Crippen molar-refractivity contribution < 1.29 is 9.90 Å². The van der Waals surface area contributed by atoms with Crippen LogP contribution in [-0.4, -0.2) is 38.6 Å². The van der Waals surface area contributed by atoms with Gasteiger partial charge in [0, 0.05) is 16.1 Å². The van der Waals surface area contributed by atoms with Gasteiger partial charge in [-0.1, -0.05) is 47.5 Å². The first-order chi connectivity index (χ1) is 13.4. The number of aliphatic hydroxyl groups is 1. The summed E-state index contributed by atoms with van der Waals surface area (Å²) in [5.74, 6) is -0.355. The van der Waals surface area contributed by atoms with Crippen LogP contribution in [0.15, 0.2) is 48.7 Å². The maximum atomic E-state index is 12.3. The van der Waals surface area contributed by atoms with Gasteiger partial charge >= 0.3 is 0 Å². The molecule has 0 aliphatic carbocycles. The third-order valence-corrected chi connectivity index (χ3v) is 4.87. The molecule has 28 heavy (non-hydrogen) atoms. The molecule has 0 saturated carbocycles. The van der Waals surface area contributed by atoms with Crippen molar-refractivity contribution in [3.8, 4) is 11.1 Å². The summed E-state index contributed by atoms with van der Waals surface area (Å²) in [6, 6.07) is 13.0. The van der Waals surface area contributed by atoms with Gasteiger partial charge in [0.2, 0.25) is 0 Å². The lowest BCUT2D eigenvalue weighted by molar-refractivity contribution is 0.0912. The van der Waals surface area contributed by atoms with E-state index in [9.17, 15) is 9.90 Å². The fourth-order valence-electron chi connectivity index (χ4n) is 3.00. The van der Waals surface area contributed by atoms with Crippen molar-refractivity contribution in [1.29, 1.82) is 0 Å². The van der Waals surface area contributed by atoms with E-state index in [4.69, 9.17) is 23.2 Å². The highest BCUT2D eigenvalue weighted by atomic mass is 35.5. The minimum absolute atomic E-state index is 0.193. The van der Waals surface area contributed by atoms with Gasteiger partial charge in [-0.15, -0.1) is 0 Å². The average molecular weight is 419 g/mol. The average Bonchev–Trinajstić information content (AvgIpc) is 3.17. The van der Waals surface area contributed by atoms with Crippen molar-refractivity contribution >= 4 is 29.1 Å². The van der Waals surface area contributed by atoms with E-state index >= 15 is 0 Å². The number of carbonyl (C=O) groups excluding carboxylic acids is 1. The summed E-state index contributed by atoms with van der Waals surface area (Å²) in [4.78, 5) is 12.3. The van der Waals surface area contributed by atoms with Crippen molar-refractivity contribution in [3.63, 3.8) is 0 Å². The zero-order valence-electron chi connectivity index (χ0n) is 15.2. The van der Waals surface area contributed by atoms with Crippen LogP contribution in [-0.2, 0) is 6.42 Å². The highest BCUT2D eigenvalue weighted by Gasteiger charge is 2.19.